The van der Waals surface area contributed by atoms with Gasteiger partial charge in [0.1, 0.15) is 37.2 Å². The van der Waals surface area contributed by atoms with Crippen LogP contribution in [0, 0.1) is 0 Å². The van der Waals surface area contributed by atoms with Crippen molar-refractivity contribution in [3.63, 3.8) is 0 Å². The quantitative estimate of drug-likeness (QED) is 0.659. The van der Waals surface area contributed by atoms with Gasteiger partial charge in [-0.15, -0.1) is 0 Å². The van der Waals surface area contributed by atoms with Crippen molar-refractivity contribution in [2.45, 2.75) is 31.9 Å². The number of imide groups is 1. The van der Waals surface area contributed by atoms with E-state index in [9.17, 15) is 14.7 Å². The molecule has 164 valence electrons. The van der Waals surface area contributed by atoms with E-state index in [1.54, 1.807) is 25.1 Å². The molecular formula is C23H26N2O6. The highest BCUT2D eigenvalue weighted by Crippen LogP contribution is 2.36. The summed E-state index contributed by atoms with van der Waals surface area (Å²) in [6, 6.07) is 12.2. The zero-order chi connectivity index (χ0) is 22.0. The first-order chi connectivity index (χ1) is 14.9. The molecule has 0 spiro atoms. The second-order valence-electron chi connectivity index (χ2n) is 7.79. The van der Waals surface area contributed by atoms with Crippen molar-refractivity contribution in [2.75, 3.05) is 26.4 Å². The second-order valence-corrected chi connectivity index (χ2v) is 7.79. The molecule has 1 saturated heterocycles. The van der Waals surface area contributed by atoms with Crippen LogP contribution in [0.4, 0.5) is 4.79 Å². The van der Waals surface area contributed by atoms with E-state index in [-0.39, 0.29) is 13.2 Å². The molecule has 0 radical (unpaired) electrons. The molecule has 2 aliphatic heterocycles. The summed E-state index contributed by atoms with van der Waals surface area (Å²) in [6.45, 7) is 4.39. The van der Waals surface area contributed by atoms with Gasteiger partial charge >= 0.3 is 6.03 Å². The fraction of sp³-hybridized carbons (Fsp3) is 0.391. The molecule has 4 rings (SSSR count). The number of carbonyl (C=O) groups excluding carboxylic acids is 2. The molecule has 8 heteroatoms. The van der Waals surface area contributed by atoms with Crippen LogP contribution in [0.25, 0.3) is 0 Å². The monoisotopic (exact) mass is 426 g/mol. The van der Waals surface area contributed by atoms with Crippen LogP contribution in [-0.4, -0.2) is 54.4 Å². The van der Waals surface area contributed by atoms with Gasteiger partial charge in [-0.3, -0.25) is 9.69 Å². The summed E-state index contributed by atoms with van der Waals surface area (Å²) < 4.78 is 16.7. The lowest BCUT2D eigenvalue weighted by Crippen LogP contribution is -2.42. The lowest BCUT2D eigenvalue weighted by atomic mass is 9.91. The van der Waals surface area contributed by atoms with Crippen molar-refractivity contribution in [3.05, 3.63) is 53.6 Å². The zero-order valence-electron chi connectivity index (χ0n) is 17.6. The van der Waals surface area contributed by atoms with Crippen LogP contribution in [0.2, 0.25) is 0 Å². The van der Waals surface area contributed by atoms with Crippen LogP contribution >= 0.6 is 0 Å². The number of fused-ring (bicyclic) bond motifs is 1. The minimum atomic E-state index is -1.26. The van der Waals surface area contributed by atoms with Gasteiger partial charge in [0.15, 0.2) is 11.5 Å². The highest BCUT2D eigenvalue weighted by Gasteiger charge is 2.49. The van der Waals surface area contributed by atoms with Gasteiger partial charge in [0.2, 0.25) is 0 Å². The average Bonchev–Trinajstić information content (AvgIpc) is 3.01. The van der Waals surface area contributed by atoms with Gasteiger partial charge in [0.25, 0.3) is 5.91 Å². The Balaban J connectivity index is 1.41. The molecule has 2 N–H and O–H groups in total. The molecule has 3 amide bonds. The van der Waals surface area contributed by atoms with Crippen molar-refractivity contribution in [3.8, 4) is 17.2 Å². The van der Waals surface area contributed by atoms with Crippen LogP contribution in [0.5, 0.6) is 17.2 Å². The number of carbonyl (C=O) groups is 2. The lowest BCUT2D eigenvalue weighted by molar-refractivity contribution is -0.132. The molecular weight excluding hydrogens is 400 g/mol. The minimum Gasteiger partial charge on any atom is -0.491 e. The number of nitrogens with zero attached hydrogens (tertiary/aromatic N) is 1. The minimum absolute atomic E-state index is 0.0384. The Hall–Kier alpha value is -3.26. The first kappa shape index (κ1) is 21.0. The van der Waals surface area contributed by atoms with E-state index in [1.807, 2.05) is 24.3 Å². The first-order valence-electron chi connectivity index (χ1n) is 10.3. The number of aliphatic hydroxyl groups excluding tert-OH is 1. The number of amides is 3. The van der Waals surface area contributed by atoms with Gasteiger partial charge in [-0.2, -0.15) is 0 Å². The van der Waals surface area contributed by atoms with E-state index in [0.717, 1.165) is 11.3 Å². The molecule has 31 heavy (non-hydrogen) atoms. The number of rotatable bonds is 7. The maximum Gasteiger partial charge on any atom is 0.325 e. The number of hydrogen-bond acceptors (Lipinski definition) is 6. The topological polar surface area (TPSA) is 97.3 Å². The molecule has 2 aromatic carbocycles. The summed E-state index contributed by atoms with van der Waals surface area (Å²) in [6.07, 6.45) is -0.0970. The molecule has 0 aromatic heterocycles. The number of aryl methyl sites for hydroxylation is 1. The second kappa shape index (κ2) is 8.47. The molecule has 1 fully saturated rings. The molecule has 2 aliphatic rings. The smallest absolute Gasteiger partial charge is 0.325 e. The predicted molar refractivity (Wildman–Crippen MR) is 112 cm³/mol. The number of urea groups is 1. The van der Waals surface area contributed by atoms with Crippen molar-refractivity contribution in [1.82, 2.24) is 10.2 Å². The fourth-order valence-corrected chi connectivity index (χ4v) is 3.69. The van der Waals surface area contributed by atoms with Crippen LogP contribution in [0.1, 0.15) is 25.0 Å². The molecule has 2 heterocycles. The predicted octanol–water partition coefficient (Wildman–Crippen LogP) is 2.23. The maximum absolute atomic E-state index is 13.1. The Morgan fingerprint density at radius 3 is 2.55 bits per heavy atom. The molecule has 2 atom stereocenters. The van der Waals surface area contributed by atoms with Crippen LogP contribution in [0.15, 0.2) is 42.5 Å². The summed E-state index contributed by atoms with van der Waals surface area (Å²) >= 11 is 0. The third kappa shape index (κ3) is 4.16. The number of benzene rings is 2. The summed E-state index contributed by atoms with van der Waals surface area (Å²) in [7, 11) is 0. The summed E-state index contributed by atoms with van der Waals surface area (Å²) in [5.74, 6) is 1.31. The molecule has 0 aliphatic carbocycles. The van der Waals surface area contributed by atoms with Crippen LogP contribution < -0.4 is 19.5 Å². The standard InChI is InChI=1S/C23H26N2O6/c1-3-15-4-7-18(8-5-15)31-14-17(26)13-25-21(27)23(2,24-22(25)28)16-6-9-19-20(12-16)30-11-10-29-19/h4-9,12,17,26H,3,10-11,13-14H2,1-2H3,(H,24,28)/t17-,23-/m1/s1. The maximum atomic E-state index is 13.1. The average molecular weight is 426 g/mol. The highest BCUT2D eigenvalue weighted by molar-refractivity contribution is 6.07. The Bertz CT molecular complexity index is 977. The van der Waals surface area contributed by atoms with E-state index >= 15 is 0 Å². The van der Waals surface area contributed by atoms with Crippen molar-refractivity contribution < 1.29 is 28.9 Å². The van der Waals surface area contributed by atoms with Gasteiger partial charge in [-0.1, -0.05) is 25.1 Å². The van der Waals surface area contributed by atoms with Gasteiger partial charge in [-0.25, -0.2) is 4.79 Å². The molecule has 0 saturated carbocycles. The van der Waals surface area contributed by atoms with Crippen molar-refractivity contribution >= 4 is 11.9 Å². The summed E-state index contributed by atoms with van der Waals surface area (Å²) in [5.41, 5.74) is 0.508. The van der Waals surface area contributed by atoms with E-state index in [0.29, 0.717) is 36.0 Å². The SMILES string of the molecule is CCc1ccc(OC[C@H](O)CN2C(=O)N[C@](C)(c3ccc4c(c3)OCCO4)C2=O)cc1. The first-order valence-corrected chi connectivity index (χ1v) is 10.3. The largest absolute Gasteiger partial charge is 0.491 e. The zero-order valence-corrected chi connectivity index (χ0v) is 17.6. The molecule has 0 unspecified atom stereocenters. The van der Waals surface area contributed by atoms with Crippen molar-refractivity contribution in [2.24, 2.45) is 0 Å². The van der Waals surface area contributed by atoms with Crippen LogP contribution in [0.3, 0.4) is 0 Å². The van der Waals surface area contributed by atoms with E-state index < -0.39 is 23.6 Å². The van der Waals surface area contributed by atoms with E-state index in [4.69, 9.17) is 14.2 Å². The number of nitrogens with one attached hydrogen (secondary N) is 1. The fourth-order valence-electron chi connectivity index (χ4n) is 3.69. The Labute approximate surface area is 180 Å². The Morgan fingerprint density at radius 2 is 1.84 bits per heavy atom. The highest BCUT2D eigenvalue weighted by atomic mass is 16.6. The van der Waals surface area contributed by atoms with Crippen LogP contribution in [-0.2, 0) is 16.8 Å². The molecule has 0 bridgehead atoms. The van der Waals surface area contributed by atoms with Gasteiger partial charge in [-0.05, 0) is 48.7 Å². The Kier molecular flexibility index (Phi) is 5.73. The van der Waals surface area contributed by atoms with E-state index in [2.05, 4.69) is 12.2 Å². The van der Waals surface area contributed by atoms with Gasteiger partial charge < -0.3 is 24.6 Å². The third-order valence-corrected chi connectivity index (χ3v) is 5.56. The van der Waals surface area contributed by atoms with E-state index in [1.165, 1.54) is 5.56 Å². The third-order valence-electron chi connectivity index (χ3n) is 5.56. The summed E-state index contributed by atoms with van der Waals surface area (Å²) in [4.78, 5) is 26.7. The lowest BCUT2D eigenvalue weighted by Gasteiger charge is -2.25. The number of hydrogen-bond donors (Lipinski definition) is 2. The van der Waals surface area contributed by atoms with Gasteiger partial charge in [0.05, 0.1) is 6.54 Å². The number of aliphatic hydroxyl groups is 1. The van der Waals surface area contributed by atoms with Gasteiger partial charge in [0, 0.05) is 0 Å². The summed E-state index contributed by atoms with van der Waals surface area (Å²) in [5, 5.41) is 13.1. The van der Waals surface area contributed by atoms with Crippen molar-refractivity contribution in [1.29, 1.82) is 0 Å². The Morgan fingerprint density at radius 1 is 1.13 bits per heavy atom. The molecule has 8 nitrogen and oxygen atoms in total. The number of ether oxygens (including phenoxy) is 3. The number of β-amino-alcohol motifs (C(OH)–C–C–N with tert-alkyl or cyclic N) is 1. The molecule has 2 aromatic rings. The normalized spacial score (nSPS) is 21.1.